The Morgan fingerprint density at radius 2 is 2.09 bits per heavy atom. The second kappa shape index (κ2) is 5.85. The molecule has 1 aromatic carbocycles. The highest BCUT2D eigenvalue weighted by Gasteiger charge is 2.47. The molecule has 0 radical (unpaired) electrons. The minimum absolute atomic E-state index is 0.206. The largest absolute Gasteiger partial charge is 0.466 e. The minimum atomic E-state index is -0.565. The maximum Gasteiger partial charge on any atom is 0.335 e. The average molecular weight is 342 g/mol. The standard InChI is InChI=1S/C16H17Cl2NO3/c1-19-9-6-10(8-3-4-11(17)12(18)5-8)14(16(21)22-2)15(19)13(20)7-9/h3-5,9,13,15,20H,6-7H2,1-2H3/t9?,13-,15?/m1/s1. The van der Waals surface area contributed by atoms with Crippen molar-refractivity contribution in [2.45, 2.75) is 31.0 Å². The number of likely N-dealkylation sites (N-methyl/N-ethyl adjacent to an activating group) is 1. The molecule has 6 heteroatoms. The number of hydrogen-bond acceptors (Lipinski definition) is 4. The Labute approximate surface area is 139 Å². The first-order valence-corrected chi connectivity index (χ1v) is 7.86. The maximum absolute atomic E-state index is 12.3. The summed E-state index contributed by atoms with van der Waals surface area (Å²) in [4.78, 5) is 14.4. The van der Waals surface area contributed by atoms with Crippen LogP contribution in [0.4, 0.5) is 0 Å². The molecule has 1 fully saturated rings. The van der Waals surface area contributed by atoms with Crippen LogP contribution in [0.5, 0.6) is 0 Å². The number of benzene rings is 1. The van der Waals surface area contributed by atoms with Crippen LogP contribution in [0.15, 0.2) is 23.8 Å². The molecule has 2 aliphatic rings. The molecule has 3 atom stereocenters. The number of aliphatic hydroxyl groups excluding tert-OH is 1. The summed E-state index contributed by atoms with van der Waals surface area (Å²) in [6, 6.07) is 5.20. The lowest BCUT2D eigenvalue weighted by Crippen LogP contribution is -2.43. The van der Waals surface area contributed by atoms with Gasteiger partial charge in [0.1, 0.15) is 0 Å². The molecule has 0 aromatic heterocycles. The zero-order valence-corrected chi connectivity index (χ0v) is 13.9. The Hall–Kier alpha value is -1.07. The molecule has 0 aliphatic carbocycles. The van der Waals surface area contributed by atoms with Gasteiger partial charge in [-0.3, -0.25) is 4.90 Å². The number of carbonyl (C=O) groups is 1. The highest BCUT2D eigenvalue weighted by Crippen LogP contribution is 2.43. The van der Waals surface area contributed by atoms with Crippen LogP contribution in [0.1, 0.15) is 18.4 Å². The van der Waals surface area contributed by atoms with Crippen molar-refractivity contribution in [2.75, 3.05) is 14.2 Å². The molecule has 0 saturated carbocycles. The van der Waals surface area contributed by atoms with E-state index in [4.69, 9.17) is 27.9 Å². The van der Waals surface area contributed by atoms with Gasteiger partial charge in [0, 0.05) is 6.04 Å². The Morgan fingerprint density at radius 1 is 1.36 bits per heavy atom. The van der Waals surface area contributed by atoms with Crippen LogP contribution >= 0.6 is 23.2 Å². The SMILES string of the molecule is COC(=O)C1=C(c2ccc(Cl)c(Cl)c2)CC2C[C@@H](O)C1N2C. The van der Waals surface area contributed by atoms with Crippen LogP contribution in [0, 0.1) is 0 Å². The van der Waals surface area contributed by atoms with E-state index in [1.165, 1.54) is 7.11 Å². The van der Waals surface area contributed by atoms with Crippen molar-refractivity contribution in [2.24, 2.45) is 0 Å². The molecule has 1 saturated heterocycles. The predicted octanol–water partition coefficient (Wildman–Crippen LogP) is 2.76. The van der Waals surface area contributed by atoms with E-state index in [0.717, 1.165) is 11.1 Å². The third-order valence-electron chi connectivity index (χ3n) is 4.63. The van der Waals surface area contributed by atoms with Gasteiger partial charge in [0.2, 0.25) is 0 Å². The summed E-state index contributed by atoms with van der Waals surface area (Å²) >= 11 is 12.1. The van der Waals surface area contributed by atoms with Crippen molar-refractivity contribution < 1.29 is 14.6 Å². The molecule has 2 aliphatic heterocycles. The summed E-state index contributed by atoms with van der Waals surface area (Å²) in [6.45, 7) is 0. The number of nitrogens with zero attached hydrogens (tertiary/aromatic N) is 1. The molecule has 0 amide bonds. The summed E-state index contributed by atoms with van der Waals surface area (Å²) in [5, 5.41) is 11.2. The number of aliphatic hydroxyl groups is 1. The Balaban J connectivity index is 2.16. The Bertz CT molecular complexity index is 659. The van der Waals surface area contributed by atoms with Crippen molar-refractivity contribution in [3.63, 3.8) is 0 Å². The zero-order valence-electron chi connectivity index (χ0n) is 12.3. The first-order chi connectivity index (χ1) is 10.4. The average Bonchev–Trinajstić information content (AvgIpc) is 2.68. The second-order valence-corrected chi connectivity index (χ2v) is 6.60. The number of hydrogen-bond donors (Lipinski definition) is 1. The van der Waals surface area contributed by atoms with Gasteiger partial charge >= 0.3 is 5.97 Å². The van der Waals surface area contributed by atoms with Crippen molar-refractivity contribution in [1.82, 2.24) is 4.90 Å². The number of methoxy groups -OCH3 is 1. The minimum Gasteiger partial charge on any atom is -0.466 e. The molecule has 3 rings (SSSR count). The van der Waals surface area contributed by atoms with Gasteiger partial charge in [-0.2, -0.15) is 0 Å². The molecule has 2 unspecified atom stereocenters. The zero-order chi connectivity index (χ0) is 16.0. The molecule has 2 heterocycles. The third-order valence-corrected chi connectivity index (χ3v) is 5.37. The van der Waals surface area contributed by atoms with E-state index in [-0.39, 0.29) is 12.1 Å². The second-order valence-electron chi connectivity index (χ2n) is 5.78. The number of rotatable bonds is 2. The maximum atomic E-state index is 12.3. The summed E-state index contributed by atoms with van der Waals surface area (Å²) in [6.07, 6.45) is 0.753. The van der Waals surface area contributed by atoms with Gasteiger partial charge in [-0.1, -0.05) is 29.3 Å². The topological polar surface area (TPSA) is 49.8 Å². The van der Waals surface area contributed by atoms with Crippen molar-refractivity contribution in [3.05, 3.63) is 39.4 Å². The summed E-state index contributed by atoms with van der Waals surface area (Å²) in [5.74, 6) is -0.405. The first kappa shape index (κ1) is 15.8. The molecule has 4 nitrogen and oxygen atoms in total. The van der Waals surface area contributed by atoms with Gasteiger partial charge in [-0.15, -0.1) is 0 Å². The molecular weight excluding hydrogens is 325 g/mol. The van der Waals surface area contributed by atoms with E-state index in [9.17, 15) is 9.90 Å². The van der Waals surface area contributed by atoms with Gasteiger partial charge in [0.25, 0.3) is 0 Å². The lowest BCUT2D eigenvalue weighted by Gasteiger charge is -2.34. The molecule has 1 N–H and O–H groups in total. The van der Waals surface area contributed by atoms with E-state index < -0.39 is 12.1 Å². The summed E-state index contributed by atoms with van der Waals surface area (Å²) in [5.41, 5.74) is 2.26. The highest BCUT2D eigenvalue weighted by molar-refractivity contribution is 6.42. The number of fused-ring (bicyclic) bond motifs is 2. The predicted molar refractivity (Wildman–Crippen MR) is 86.0 cm³/mol. The molecule has 2 bridgehead atoms. The monoisotopic (exact) mass is 341 g/mol. The molecule has 0 spiro atoms. The van der Waals surface area contributed by atoms with E-state index in [1.807, 2.05) is 13.1 Å². The van der Waals surface area contributed by atoms with Crippen molar-refractivity contribution in [3.8, 4) is 0 Å². The van der Waals surface area contributed by atoms with Crippen LogP contribution in [-0.2, 0) is 9.53 Å². The summed E-state index contributed by atoms with van der Waals surface area (Å²) in [7, 11) is 3.29. The van der Waals surface area contributed by atoms with Crippen molar-refractivity contribution >= 4 is 34.7 Å². The normalized spacial score (nSPS) is 28.1. The number of halogens is 2. The van der Waals surface area contributed by atoms with Crippen LogP contribution < -0.4 is 0 Å². The third kappa shape index (κ3) is 2.44. The van der Waals surface area contributed by atoms with Crippen LogP contribution in [0.25, 0.3) is 5.57 Å². The van der Waals surface area contributed by atoms with Crippen LogP contribution in [0.2, 0.25) is 10.0 Å². The van der Waals surface area contributed by atoms with Gasteiger partial charge < -0.3 is 9.84 Å². The fourth-order valence-corrected chi connectivity index (χ4v) is 3.83. The van der Waals surface area contributed by atoms with E-state index in [1.54, 1.807) is 12.1 Å². The fraction of sp³-hybridized carbons (Fsp3) is 0.438. The smallest absolute Gasteiger partial charge is 0.335 e. The highest BCUT2D eigenvalue weighted by atomic mass is 35.5. The fourth-order valence-electron chi connectivity index (χ4n) is 3.53. The number of ether oxygens (including phenoxy) is 1. The Kier molecular flexibility index (Phi) is 4.21. The lowest BCUT2D eigenvalue weighted by molar-refractivity contribution is -0.137. The van der Waals surface area contributed by atoms with Gasteiger partial charge in [0.15, 0.2) is 0 Å². The van der Waals surface area contributed by atoms with Crippen LogP contribution in [0.3, 0.4) is 0 Å². The quantitative estimate of drug-likeness (QED) is 0.840. The van der Waals surface area contributed by atoms with Gasteiger partial charge in [-0.25, -0.2) is 4.79 Å². The van der Waals surface area contributed by atoms with Crippen LogP contribution in [-0.4, -0.2) is 48.3 Å². The van der Waals surface area contributed by atoms with E-state index >= 15 is 0 Å². The van der Waals surface area contributed by atoms with Gasteiger partial charge in [0.05, 0.1) is 34.9 Å². The van der Waals surface area contributed by atoms with E-state index in [0.29, 0.717) is 28.5 Å². The van der Waals surface area contributed by atoms with Crippen molar-refractivity contribution in [1.29, 1.82) is 0 Å². The number of esters is 1. The first-order valence-electron chi connectivity index (χ1n) is 7.10. The van der Waals surface area contributed by atoms with Gasteiger partial charge in [-0.05, 0) is 43.2 Å². The lowest BCUT2D eigenvalue weighted by atomic mass is 9.88. The number of carbonyl (C=O) groups excluding carboxylic acids is 1. The molecule has 1 aromatic rings. The molecule has 118 valence electrons. The molecule has 22 heavy (non-hydrogen) atoms. The Morgan fingerprint density at radius 3 is 2.73 bits per heavy atom. The van der Waals surface area contributed by atoms with E-state index in [2.05, 4.69) is 4.90 Å². The molecular formula is C16H17Cl2NO3. The summed E-state index contributed by atoms with van der Waals surface area (Å²) < 4.78 is 4.95.